The molecule has 4 unspecified atom stereocenters. The van der Waals surface area contributed by atoms with Crippen molar-refractivity contribution in [3.8, 4) is 0 Å². The third kappa shape index (κ3) is 2.87. The standard InChI is InChI=1S/C15H28N2O/c1-10(2)12-6-5-11(3)9-14(12)16-13-7-8-17(4)15(13)18/h10-14,16H,5-9H2,1-4H3. The molecule has 1 heterocycles. The molecule has 0 radical (unpaired) electrons. The Kier molecular flexibility index (Phi) is 4.31. The molecule has 104 valence electrons. The lowest BCUT2D eigenvalue weighted by Gasteiger charge is -2.39. The number of hydrogen-bond donors (Lipinski definition) is 1. The molecule has 0 spiro atoms. The monoisotopic (exact) mass is 252 g/mol. The summed E-state index contributed by atoms with van der Waals surface area (Å²) in [5.41, 5.74) is 0. The van der Waals surface area contributed by atoms with E-state index in [-0.39, 0.29) is 11.9 Å². The number of hydrogen-bond acceptors (Lipinski definition) is 2. The quantitative estimate of drug-likeness (QED) is 0.835. The molecule has 3 nitrogen and oxygen atoms in total. The molecule has 0 aromatic heterocycles. The number of carbonyl (C=O) groups is 1. The zero-order valence-electron chi connectivity index (χ0n) is 12.3. The topological polar surface area (TPSA) is 32.3 Å². The second-order valence-electron chi connectivity index (χ2n) is 6.70. The third-order valence-electron chi connectivity index (χ3n) is 4.86. The Labute approximate surface area is 111 Å². The molecule has 1 aliphatic carbocycles. The van der Waals surface area contributed by atoms with Crippen molar-refractivity contribution in [2.24, 2.45) is 17.8 Å². The van der Waals surface area contributed by atoms with E-state index in [4.69, 9.17) is 0 Å². The van der Waals surface area contributed by atoms with Crippen molar-refractivity contribution < 1.29 is 4.79 Å². The average Bonchev–Trinajstić information content (AvgIpc) is 2.61. The molecule has 0 aromatic carbocycles. The molecule has 1 saturated carbocycles. The van der Waals surface area contributed by atoms with Crippen LogP contribution >= 0.6 is 0 Å². The molecule has 1 saturated heterocycles. The van der Waals surface area contributed by atoms with Gasteiger partial charge >= 0.3 is 0 Å². The van der Waals surface area contributed by atoms with Crippen LogP contribution in [0.4, 0.5) is 0 Å². The Morgan fingerprint density at radius 2 is 2.00 bits per heavy atom. The van der Waals surface area contributed by atoms with E-state index in [0.29, 0.717) is 12.0 Å². The van der Waals surface area contributed by atoms with Gasteiger partial charge in [0.05, 0.1) is 6.04 Å². The number of nitrogens with one attached hydrogen (secondary N) is 1. The Morgan fingerprint density at radius 3 is 2.56 bits per heavy atom. The zero-order chi connectivity index (χ0) is 13.3. The summed E-state index contributed by atoms with van der Waals surface area (Å²) < 4.78 is 0. The Balaban J connectivity index is 1.98. The number of nitrogens with zero attached hydrogens (tertiary/aromatic N) is 1. The highest BCUT2D eigenvalue weighted by atomic mass is 16.2. The summed E-state index contributed by atoms with van der Waals surface area (Å²) in [6.07, 6.45) is 4.87. The molecule has 18 heavy (non-hydrogen) atoms. The van der Waals surface area contributed by atoms with Crippen LogP contribution in [0.15, 0.2) is 0 Å². The van der Waals surface area contributed by atoms with Gasteiger partial charge in [0.25, 0.3) is 0 Å². The second-order valence-corrected chi connectivity index (χ2v) is 6.70. The van der Waals surface area contributed by atoms with Gasteiger partial charge in [0.2, 0.25) is 5.91 Å². The van der Waals surface area contributed by atoms with Gasteiger partial charge in [0, 0.05) is 19.6 Å². The van der Waals surface area contributed by atoms with Gasteiger partial charge in [0.1, 0.15) is 0 Å². The number of amides is 1. The molecule has 3 heteroatoms. The van der Waals surface area contributed by atoms with E-state index in [1.165, 1.54) is 19.3 Å². The number of likely N-dealkylation sites (tertiary alicyclic amines) is 1. The van der Waals surface area contributed by atoms with Crippen LogP contribution < -0.4 is 5.32 Å². The highest BCUT2D eigenvalue weighted by Gasteiger charge is 2.36. The van der Waals surface area contributed by atoms with Crippen molar-refractivity contribution in [3.63, 3.8) is 0 Å². The van der Waals surface area contributed by atoms with Crippen molar-refractivity contribution >= 4 is 5.91 Å². The van der Waals surface area contributed by atoms with Crippen LogP contribution in [-0.4, -0.2) is 36.5 Å². The lowest BCUT2D eigenvalue weighted by molar-refractivity contribution is -0.128. The van der Waals surface area contributed by atoms with Gasteiger partial charge in [-0.3, -0.25) is 4.79 Å². The third-order valence-corrected chi connectivity index (χ3v) is 4.86. The molecule has 1 amide bonds. The largest absolute Gasteiger partial charge is 0.344 e. The van der Waals surface area contributed by atoms with Gasteiger partial charge in [-0.25, -0.2) is 0 Å². The maximum atomic E-state index is 12.0. The van der Waals surface area contributed by atoms with Crippen LogP contribution in [0.5, 0.6) is 0 Å². The summed E-state index contributed by atoms with van der Waals surface area (Å²) in [5.74, 6) is 2.53. The van der Waals surface area contributed by atoms with Crippen molar-refractivity contribution in [1.29, 1.82) is 0 Å². The van der Waals surface area contributed by atoms with E-state index in [1.54, 1.807) is 0 Å². The van der Waals surface area contributed by atoms with Gasteiger partial charge in [-0.1, -0.05) is 27.2 Å². The maximum absolute atomic E-state index is 12.0. The summed E-state index contributed by atoms with van der Waals surface area (Å²) in [4.78, 5) is 13.9. The first-order valence-electron chi connectivity index (χ1n) is 7.50. The molecular formula is C15H28N2O. The zero-order valence-corrected chi connectivity index (χ0v) is 12.3. The van der Waals surface area contributed by atoms with E-state index >= 15 is 0 Å². The van der Waals surface area contributed by atoms with Crippen molar-refractivity contribution in [2.45, 2.75) is 58.5 Å². The first-order chi connectivity index (χ1) is 8.49. The first-order valence-corrected chi connectivity index (χ1v) is 7.50. The number of carbonyl (C=O) groups excluding carboxylic acids is 1. The van der Waals surface area contributed by atoms with Gasteiger partial charge in [-0.15, -0.1) is 0 Å². The van der Waals surface area contributed by atoms with E-state index < -0.39 is 0 Å². The first kappa shape index (κ1) is 13.9. The number of likely N-dealkylation sites (N-methyl/N-ethyl adjacent to an activating group) is 1. The molecule has 1 aliphatic heterocycles. The minimum Gasteiger partial charge on any atom is -0.344 e. The highest BCUT2D eigenvalue weighted by molar-refractivity contribution is 5.83. The molecule has 4 atom stereocenters. The van der Waals surface area contributed by atoms with Gasteiger partial charge in [-0.2, -0.15) is 0 Å². The van der Waals surface area contributed by atoms with Gasteiger partial charge in [0.15, 0.2) is 0 Å². The van der Waals surface area contributed by atoms with Crippen LogP contribution in [0.25, 0.3) is 0 Å². The van der Waals surface area contributed by atoms with Gasteiger partial charge in [-0.05, 0) is 37.0 Å². The van der Waals surface area contributed by atoms with E-state index in [1.807, 2.05) is 11.9 Å². The van der Waals surface area contributed by atoms with E-state index in [0.717, 1.165) is 24.8 Å². The molecular weight excluding hydrogens is 224 g/mol. The SMILES string of the molecule is CC1CCC(C(C)C)C(NC2CCN(C)C2=O)C1. The summed E-state index contributed by atoms with van der Waals surface area (Å²) in [6, 6.07) is 0.612. The lowest BCUT2D eigenvalue weighted by Crippen LogP contribution is -2.49. The average molecular weight is 252 g/mol. The van der Waals surface area contributed by atoms with E-state index in [2.05, 4.69) is 26.1 Å². The Bertz CT molecular complexity index is 303. The number of rotatable bonds is 3. The molecule has 0 bridgehead atoms. The van der Waals surface area contributed by atoms with Crippen molar-refractivity contribution in [3.05, 3.63) is 0 Å². The van der Waals surface area contributed by atoms with Crippen molar-refractivity contribution in [2.75, 3.05) is 13.6 Å². The second kappa shape index (κ2) is 5.60. The predicted molar refractivity (Wildman–Crippen MR) is 74.3 cm³/mol. The highest BCUT2D eigenvalue weighted by Crippen LogP contribution is 2.34. The predicted octanol–water partition coefficient (Wildman–Crippen LogP) is 2.27. The molecule has 2 aliphatic rings. The fourth-order valence-electron chi connectivity index (χ4n) is 3.63. The minimum atomic E-state index is 0.0755. The molecule has 2 fully saturated rings. The normalized spacial score (nSPS) is 37.6. The molecule has 2 rings (SSSR count). The fraction of sp³-hybridized carbons (Fsp3) is 0.933. The minimum absolute atomic E-state index is 0.0755. The van der Waals surface area contributed by atoms with Crippen molar-refractivity contribution in [1.82, 2.24) is 10.2 Å². The Morgan fingerprint density at radius 1 is 1.28 bits per heavy atom. The summed E-state index contributed by atoms with van der Waals surface area (Å²) in [5, 5.41) is 3.67. The van der Waals surface area contributed by atoms with Crippen LogP contribution in [0, 0.1) is 17.8 Å². The summed E-state index contributed by atoms with van der Waals surface area (Å²) in [7, 11) is 1.91. The van der Waals surface area contributed by atoms with Crippen LogP contribution in [0.3, 0.4) is 0 Å². The fourth-order valence-corrected chi connectivity index (χ4v) is 3.63. The summed E-state index contributed by atoms with van der Waals surface area (Å²) in [6.45, 7) is 7.88. The smallest absolute Gasteiger partial charge is 0.239 e. The maximum Gasteiger partial charge on any atom is 0.239 e. The molecule has 0 aromatic rings. The van der Waals surface area contributed by atoms with Crippen LogP contribution in [0.1, 0.15) is 46.5 Å². The van der Waals surface area contributed by atoms with Gasteiger partial charge < -0.3 is 10.2 Å². The lowest BCUT2D eigenvalue weighted by atomic mass is 9.74. The van der Waals surface area contributed by atoms with Crippen LogP contribution in [0.2, 0.25) is 0 Å². The van der Waals surface area contributed by atoms with E-state index in [9.17, 15) is 4.79 Å². The summed E-state index contributed by atoms with van der Waals surface area (Å²) >= 11 is 0. The molecule has 1 N–H and O–H groups in total. The van der Waals surface area contributed by atoms with Crippen LogP contribution in [-0.2, 0) is 4.79 Å². The Hall–Kier alpha value is -0.570.